The predicted molar refractivity (Wildman–Crippen MR) is 120 cm³/mol. The van der Waals surface area contributed by atoms with Crippen molar-refractivity contribution in [3.8, 4) is 5.75 Å². The van der Waals surface area contributed by atoms with E-state index in [1.54, 1.807) is 43.6 Å². The second-order valence-corrected chi connectivity index (χ2v) is 7.79. The molecule has 2 heterocycles. The first-order valence-corrected chi connectivity index (χ1v) is 10.2. The molecule has 6 heteroatoms. The second-order valence-electron chi connectivity index (χ2n) is 6.98. The minimum atomic E-state index is -0.304. The summed E-state index contributed by atoms with van der Waals surface area (Å²) in [6.07, 6.45) is 1.64. The number of benzene rings is 2. The lowest BCUT2D eigenvalue weighted by Crippen LogP contribution is -2.21. The van der Waals surface area contributed by atoms with E-state index < -0.39 is 0 Å². The standard InChI is InChI=1S/C24H19BrN2O3/c1-15-12-17(30-2)10-11-18(15)23(28)20-14-27(13-16-6-5-9-22(25)26-16)21-8-4-3-7-19(21)24(20)29/h3-12,14H,13H2,1-2H3. The number of aromatic nitrogens is 2. The van der Waals surface area contributed by atoms with Crippen molar-refractivity contribution >= 4 is 32.6 Å². The lowest BCUT2D eigenvalue weighted by Gasteiger charge is -2.14. The Morgan fingerprint density at radius 3 is 2.60 bits per heavy atom. The average molecular weight is 463 g/mol. The van der Waals surface area contributed by atoms with Gasteiger partial charge in [-0.05, 0) is 70.9 Å². The molecule has 0 aliphatic carbocycles. The summed E-state index contributed by atoms with van der Waals surface area (Å²) in [7, 11) is 1.58. The van der Waals surface area contributed by atoms with Gasteiger partial charge < -0.3 is 9.30 Å². The molecular formula is C24H19BrN2O3. The number of hydrogen-bond acceptors (Lipinski definition) is 4. The summed E-state index contributed by atoms with van der Waals surface area (Å²) in [5, 5.41) is 0.504. The van der Waals surface area contributed by atoms with Crippen LogP contribution >= 0.6 is 15.9 Å². The highest BCUT2D eigenvalue weighted by atomic mass is 79.9. The van der Waals surface area contributed by atoms with Crippen molar-refractivity contribution in [3.05, 3.63) is 104 Å². The average Bonchev–Trinajstić information content (AvgIpc) is 2.75. The molecule has 4 rings (SSSR count). The molecule has 0 fully saturated rings. The van der Waals surface area contributed by atoms with Gasteiger partial charge in [0.15, 0.2) is 5.78 Å². The lowest BCUT2D eigenvalue weighted by atomic mass is 9.98. The number of aryl methyl sites for hydroxylation is 1. The number of ketones is 1. The van der Waals surface area contributed by atoms with E-state index in [0.29, 0.717) is 23.2 Å². The zero-order chi connectivity index (χ0) is 21.3. The first-order valence-electron chi connectivity index (χ1n) is 9.41. The molecule has 0 N–H and O–H groups in total. The van der Waals surface area contributed by atoms with Gasteiger partial charge in [0.2, 0.25) is 5.43 Å². The highest BCUT2D eigenvalue weighted by Gasteiger charge is 2.19. The number of pyridine rings is 2. The quantitative estimate of drug-likeness (QED) is 0.317. The summed E-state index contributed by atoms with van der Waals surface area (Å²) in [6.45, 7) is 2.27. The highest BCUT2D eigenvalue weighted by molar-refractivity contribution is 9.10. The first kappa shape index (κ1) is 20.0. The number of para-hydroxylation sites is 1. The molecule has 0 aliphatic rings. The fourth-order valence-electron chi connectivity index (χ4n) is 3.51. The fourth-order valence-corrected chi connectivity index (χ4v) is 3.89. The zero-order valence-electron chi connectivity index (χ0n) is 16.6. The number of carbonyl (C=O) groups is 1. The molecule has 2 aromatic heterocycles. The minimum Gasteiger partial charge on any atom is -0.497 e. The molecule has 0 saturated heterocycles. The Morgan fingerprint density at radius 2 is 1.87 bits per heavy atom. The fraction of sp³-hybridized carbons (Fsp3) is 0.125. The van der Waals surface area contributed by atoms with Crippen molar-refractivity contribution in [2.75, 3.05) is 7.11 Å². The SMILES string of the molecule is COc1ccc(C(=O)c2cn(Cc3cccc(Br)n3)c3ccccc3c2=O)c(C)c1. The molecule has 0 bridgehead atoms. The molecular weight excluding hydrogens is 444 g/mol. The van der Waals surface area contributed by atoms with E-state index in [2.05, 4.69) is 20.9 Å². The Morgan fingerprint density at radius 1 is 1.07 bits per heavy atom. The monoisotopic (exact) mass is 462 g/mol. The number of methoxy groups -OCH3 is 1. The van der Waals surface area contributed by atoms with E-state index in [1.807, 2.05) is 41.8 Å². The molecule has 4 aromatic rings. The predicted octanol–water partition coefficient (Wildman–Crippen LogP) is 4.76. The van der Waals surface area contributed by atoms with Crippen molar-refractivity contribution < 1.29 is 9.53 Å². The van der Waals surface area contributed by atoms with Gasteiger partial charge in [0.25, 0.3) is 0 Å². The maximum atomic E-state index is 13.3. The van der Waals surface area contributed by atoms with Crippen LogP contribution in [0.1, 0.15) is 27.2 Å². The van der Waals surface area contributed by atoms with Crippen LogP contribution < -0.4 is 10.2 Å². The van der Waals surface area contributed by atoms with Gasteiger partial charge in [-0.2, -0.15) is 0 Å². The zero-order valence-corrected chi connectivity index (χ0v) is 18.1. The normalized spacial score (nSPS) is 10.9. The second kappa shape index (κ2) is 8.24. The molecule has 0 atom stereocenters. The smallest absolute Gasteiger partial charge is 0.200 e. The van der Waals surface area contributed by atoms with Crippen molar-refractivity contribution in [2.24, 2.45) is 0 Å². The summed E-state index contributed by atoms with van der Waals surface area (Å²) in [5.41, 5.74) is 2.67. The van der Waals surface area contributed by atoms with E-state index in [0.717, 1.165) is 21.4 Å². The molecule has 2 aromatic carbocycles. The maximum Gasteiger partial charge on any atom is 0.200 e. The number of nitrogens with zero attached hydrogens (tertiary/aromatic N) is 2. The van der Waals surface area contributed by atoms with Crippen molar-refractivity contribution in [1.82, 2.24) is 9.55 Å². The van der Waals surface area contributed by atoms with Gasteiger partial charge in [-0.15, -0.1) is 0 Å². The minimum absolute atomic E-state index is 0.136. The molecule has 30 heavy (non-hydrogen) atoms. The van der Waals surface area contributed by atoms with Gasteiger partial charge >= 0.3 is 0 Å². The number of fused-ring (bicyclic) bond motifs is 1. The van der Waals surface area contributed by atoms with Gasteiger partial charge in [-0.1, -0.05) is 18.2 Å². The van der Waals surface area contributed by atoms with E-state index in [4.69, 9.17) is 4.74 Å². The Kier molecular flexibility index (Phi) is 5.50. The third kappa shape index (κ3) is 3.78. The van der Waals surface area contributed by atoms with Crippen LogP contribution in [-0.4, -0.2) is 22.4 Å². The summed E-state index contributed by atoms with van der Waals surface area (Å²) >= 11 is 3.39. The van der Waals surface area contributed by atoms with Crippen molar-refractivity contribution in [1.29, 1.82) is 0 Å². The van der Waals surface area contributed by atoms with E-state index >= 15 is 0 Å². The molecule has 0 radical (unpaired) electrons. The van der Waals surface area contributed by atoms with Crippen LogP contribution in [0.25, 0.3) is 10.9 Å². The molecule has 0 unspecified atom stereocenters. The van der Waals surface area contributed by atoms with E-state index in [1.165, 1.54) is 0 Å². The lowest BCUT2D eigenvalue weighted by molar-refractivity contribution is 0.103. The van der Waals surface area contributed by atoms with E-state index in [9.17, 15) is 9.59 Å². The van der Waals surface area contributed by atoms with E-state index in [-0.39, 0.29) is 16.8 Å². The Balaban J connectivity index is 1.87. The first-order chi connectivity index (χ1) is 14.5. The van der Waals surface area contributed by atoms with Gasteiger partial charge in [-0.3, -0.25) is 9.59 Å². The molecule has 0 amide bonds. The van der Waals surface area contributed by atoms with Crippen LogP contribution in [0.2, 0.25) is 0 Å². The van der Waals surface area contributed by atoms with Gasteiger partial charge in [-0.25, -0.2) is 4.98 Å². The number of halogens is 1. The molecule has 150 valence electrons. The van der Waals surface area contributed by atoms with Gasteiger partial charge in [0, 0.05) is 17.1 Å². The number of hydrogen-bond donors (Lipinski definition) is 0. The molecule has 0 spiro atoms. The van der Waals surface area contributed by atoms with Gasteiger partial charge in [0.1, 0.15) is 10.4 Å². The molecule has 0 aliphatic heterocycles. The van der Waals surface area contributed by atoms with Crippen molar-refractivity contribution in [3.63, 3.8) is 0 Å². The van der Waals surface area contributed by atoms with Crippen LogP contribution in [0.15, 0.2) is 76.3 Å². The van der Waals surface area contributed by atoms with Crippen molar-refractivity contribution in [2.45, 2.75) is 13.5 Å². The maximum absolute atomic E-state index is 13.3. The van der Waals surface area contributed by atoms with Crippen LogP contribution in [0, 0.1) is 6.92 Å². The van der Waals surface area contributed by atoms with Crippen LogP contribution in [0.4, 0.5) is 0 Å². The Bertz CT molecular complexity index is 1330. The molecule has 5 nitrogen and oxygen atoms in total. The van der Waals surface area contributed by atoms with Crippen LogP contribution in [0.3, 0.4) is 0 Å². The summed E-state index contributed by atoms with van der Waals surface area (Å²) < 4.78 is 7.86. The van der Waals surface area contributed by atoms with Crippen LogP contribution in [0.5, 0.6) is 5.75 Å². The summed E-state index contributed by atoms with van der Waals surface area (Å²) in [5.74, 6) is 0.363. The largest absolute Gasteiger partial charge is 0.497 e. The number of ether oxygens (including phenoxy) is 1. The number of rotatable bonds is 5. The topological polar surface area (TPSA) is 61.2 Å². The number of carbonyl (C=O) groups excluding carboxylic acids is 1. The third-order valence-electron chi connectivity index (χ3n) is 5.02. The Hall–Kier alpha value is -3.25. The highest BCUT2D eigenvalue weighted by Crippen LogP contribution is 2.21. The third-order valence-corrected chi connectivity index (χ3v) is 5.46. The Labute approximate surface area is 182 Å². The summed E-state index contributed by atoms with van der Waals surface area (Å²) in [6, 6.07) is 18.2. The summed E-state index contributed by atoms with van der Waals surface area (Å²) in [4.78, 5) is 30.9. The molecule has 0 saturated carbocycles. The van der Waals surface area contributed by atoms with Crippen LogP contribution in [-0.2, 0) is 6.54 Å². The van der Waals surface area contributed by atoms with Gasteiger partial charge in [0.05, 0.1) is 30.4 Å².